The van der Waals surface area contributed by atoms with Crippen molar-refractivity contribution in [2.75, 3.05) is 0 Å². The molecule has 0 aliphatic carbocycles. The van der Waals surface area contributed by atoms with E-state index in [4.69, 9.17) is 11.6 Å². The maximum atomic E-state index is 13.1. The average Bonchev–Trinajstić information content (AvgIpc) is 2.51. The molecule has 106 valence electrons. The molecule has 0 radical (unpaired) electrons. The van der Waals surface area contributed by atoms with Crippen LogP contribution in [-0.4, -0.2) is 4.98 Å². The summed E-state index contributed by atoms with van der Waals surface area (Å²) in [6.07, 6.45) is 3.73. The SMILES string of the molecule is Fc1ccc(CNCc2cncc3ccccc23)cc1Cl. The largest absolute Gasteiger partial charge is 0.309 e. The first-order valence-electron chi connectivity index (χ1n) is 6.70. The zero-order valence-electron chi connectivity index (χ0n) is 11.3. The number of nitrogens with zero attached hydrogens (tertiary/aromatic N) is 1. The lowest BCUT2D eigenvalue weighted by Gasteiger charge is -2.08. The molecule has 1 heterocycles. The summed E-state index contributed by atoms with van der Waals surface area (Å²) in [6.45, 7) is 1.33. The third-order valence-electron chi connectivity index (χ3n) is 3.38. The molecule has 4 heteroatoms. The molecular formula is C17H14ClFN2. The van der Waals surface area contributed by atoms with E-state index < -0.39 is 5.82 Å². The third-order valence-corrected chi connectivity index (χ3v) is 3.67. The molecule has 0 bridgehead atoms. The fraction of sp³-hybridized carbons (Fsp3) is 0.118. The summed E-state index contributed by atoms with van der Waals surface area (Å²) in [5, 5.41) is 5.81. The number of halogens is 2. The summed E-state index contributed by atoms with van der Waals surface area (Å²) in [6, 6.07) is 12.9. The van der Waals surface area contributed by atoms with Crippen LogP contribution >= 0.6 is 11.6 Å². The number of rotatable bonds is 4. The van der Waals surface area contributed by atoms with Gasteiger partial charge in [-0.25, -0.2) is 4.39 Å². The molecule has 0 aliphatic heterocycles. The summed E-state index contributed by atoms with van der Waals surface area (Å²) in [7, 11) is 0. The summed E-state index contributed by atoms with van der Waals surface area (Å²) >= 11 is 5.78. The molecule has 0 amide bonds. The number of pyridine rings is 1. The zero-order valence-corrected chi connectivity index (χ0v) is 12.1. The van der Waals surface area contributed by atoms with E-state index in [1.807, 2.05) is 30.6 Å². The van der Waals surface area contributed by atoms with Gasteiger partial charge in [0, 0.05) is 30.9 Å². The van der Waals surface area contributed by atoms with Crippen LogP contribution in [0.25, 0.3) is 10.8 Å². The normalized spacial score (nSPS) is 11.0. The van der Waals surface area contributed by atoms with Gasteiger partial charge in [-0.05, 0) is 28.6 Å². The van der Waals surface area contributed by atoms with Crippen molar-refractivity contribution in [3.8, 4) is 0 Å². The Balaban J connectivity index is 1.70. The minimum Gasteiger partial charge on any atom is -0.309 e. The quantitative estimate of drug-likeness (QED) is 0.776. The van der Waals surface area contributed by atoms with Crippen LogP contribution in [0.3, 0.4) is 0 Å². The van der Waals surface area contributed by atoms with Gasteiger partial charge in [0.1, 0.15) is 5.82 Å². The smallest absolute Gasteiger partial charge is 0.141 e. The van der Waals surface area contributed by atoms with Crippen LogP contribution in [-0.2, 0) is 13.1 Å². The first-order valence-corrected chi connectivity index (χ1v) is 7.08. The van der Waals surface area contributed by atoms with Crippen LogP contribution in [0.15, 0.2) is 54.9 Å². The second kappa shape index (κ2) is 6.20. The van der Waals surface area contributed by atoms with Gasteiger partial charge in [0.15, 0.2) is 0 Å². The van der Waals surface area contributed by atoms with Gasteiger partial charge in [-0.1, -0.05) is 41.9 Å². The second-order valence-electron chi connectivity index (χ2n) is 4.87. The van der Waals surface area contributed by atoms with Crippen molar-refractivity contribution in [2.24, 2.45) is 0 Å². The Morgan fingerprint density at radius 2 is 1.90 bits per heavy atom. The predicted octanol–water partition coefficient (Wildman–Crippen LogP) is 4.32. The third kappa shape index (κ3) is 3.20. The van der Waals surface area contributed by atoms with E-state index in [1.165, 1.54) is 11.5 Å². The Morgan fingerprint density at radius 1 is 1.05 bits per heavy atom. The van der Waals surface area contributed by atoms with Crippen molar-refractivity contribution >= 4 is 22.4 Å². The zero-order chi connectivity index (χ0) is 14.7. The van der Waals surface area contributed by atoms with E-state index in [2.05, 4.69) is 16.4 Å². The second-order valence-corrected chi connectivity index (χ2v) is 5.28. The molecule has 3 aromatic rings. The number of hydrogen-bond donors (Lipinski definition) is 1. The van der Waals surface area contributed by atoms with Gasteiger partial charge >= 0.3 is 0 Å². The number of benzene rings is 2. The molecule has 0 saturated carbocycles. The van der Waals surface area contributed by atoms with E-state index in [0.717, 1.165) is 16.5 Å². The van der Waals surface area contributed by atoms with E-state index in [9.17, 15) is 4.39 Å². The molecule has 1 N–H and O–H groups in total. The first kappa shape index (κ1) is 14.0. The summed E-state index contributed by atoms with van der Waals surface area (Å²) < 4.78 is 13.1. The highest BCUT2D eigenvalue weighted by atomic mass is 35.5. The lowest BCUT2D eigenvalue weighted by molar-refractivity contribution is 0.625. The maximum absolute atomic E-state index is 13.1. The van der Waals surface area contributed by atoms with Crippen LogP contribution < -0.4 is 5.32 Å². The van der Waals surface area contributed by atoms with Crippen LogP contribution in [0.2, 0.25) is 5.02 Å². The van der Waals surface area contributed by atoms with Gasteiger partial charge < -0.3 is 5.32 Å². The van der Waals surface area contributed by atoms with E-state index in [0.29, 0.717) is 13.1 Å². The summed E-state index contributed by atoms with van der Waals surface area (Å²) in [5.41, 5.74) is 2.09. The van der Waals surface area contributed by atoms with E-state index in [1.54, 1.807) is 12.1 Å². The number of hydrogen-bond acceptors (Lipinski definition) is 2. The van der Waals surface area contributed by atoms with Gasteiger partial charge in [0.2, 0.25) is 0 Å². The van der Waals surface area contributed by atoms with Crippen LogP contribution in [0, 0.1) is 5.82 Å². The molecule has 2 aromatic carbocycles. The van der Waals surface area contributed by atoms with Crippen molar-refractivity contribution in [2.45, 2.75) is 13.1 Å². The Kier molecular flexibility index (Phi) is 4.13. The first-order chi connectivity index (χ1) is 10.2. The standard InChI is InChI=1S/C17H14ClFN2/c18-16-7-12(5-6-17(16)19)8-20-10-14-11-21-9-13-3-1-2-4-15(13)14/h1-7,9,11,20H,8,10H2. The molecular weight excluding hydrogens is 287 g/mol. The highest BCUT2D eigenvalue weighted by Gasteiger charge is 2.03. The van der Waals surface area contributed by atoms with Crippen molar-refractivity contribution in [1.82, 2.24) is 10.3 Å². The highest BCUT2D eigenvalue weighted by molar-refractivity contribution is 6.30. The van der Waals surface area contributed by atoms with Crippen molar-refractivity contribution in [3.05, 3.63) is 76.8 Å². The topological polar surface area (TPSA) is 24.9 Å². The minimum absolute atomic E-state index is 0.154. The Hall–Kier alpha value is -1.97. The van der Waals surface area contributed by atoms with Crippen molar-refractivity contribution in [1.29, 1.82) is 0 Å². The predicted molar refractivity (Wildman–Crippen MR) is 83.7 cm³/mol. The van der Waals surface area contributed by atoms with Gasteiger partial charge in [0.25, 0.3) is 0 Å². The lowest BCUT2D eigenvalue weighted by Crippen LogP contribution is -2.13. The fourth-order valence-corrected chi connectivity index (χ4v) is 2.51. The number of nitrogens with one attached hydrogen (secondary N) is 1. The Morgan fingerprint density at radius 3 is 2.76 bits per heavy atom. The van der Waals surface area contributed by atoms with Crippen LogP contribution in [0.5, 0.6) is 0 Å². The summed E-state index contributed by atoms with van der Waals surface area (Å²) in [4.78, 5) is 4.25. The monoisotopic (exact) mass is 300 g/mol. The molecule has 2 nitrogen and oxygen atoms in total. The van der Waals surface area contributed by atoms with Gasteiger partial charge in [-0.2, -0.15) is 0 Å². The number of aromatic nitrogens is 1. The molecule has 0 spiro atoms. The molecule has 0 atom stereocenters. The molecule has 0 unspecified atom stereocenters. The maximum Gasteiger partial charge on any atom is 0.141 e. The molecule has 3 rings (SSSR count). The van der Waals surface area contributed by atoms with Gasteiger partial charge in [-0.15, -0.1) is 0 Å². The lowest BCUT2D eigenvalue weighted by atomic mass is 10.1. The minimum atomic E-state index is -0.390. The molecule has 1 aromatic heterocycles. The van der Waals surface area contributed by atoms with Crippen molar-refractivity contribution < 1.29 is 4.39 Å². The fourth-order valence-electron chi connectivity index (χ4n) is 2.31. The molecule has 0 aliphatic rings. The summed E-state index contributed by atoms with van der Waals surface area (Å²) in [5.74, 6) is -0.390. The van der Waals surface area contributed by atoms with Crippen LogP contribution in [0.1, 0.15) is 11.1 Å². The Bertz CT molecular complexity index is 768. The van der Waals surface area contributed by atoms with Crippen LogP contribution in [0.4, 0.5) is 4.39 Å². The van der Waals surface area contributed by atoms with E-state index in [-0.39, 0.29) is 5.02 Å². The van der Waals surface area contributed by atoms with Crippen molar-refractivity contribution in [3.63, 3.8) is 0 Å². The van der Waals surface area contributed by atoms with Gasteiger partial charge in [-0.3, -0.25) is 4.98 Å². The number of fused-ring (bicyclic) bond motifs is 1. The molecule has 0 saturated heterocycles. The highest BCUT2D eigenvalue weighted by Crippen LogP contribution is 2.18. The van der Waals surface area contributed by atoms with Gasteiger partial charge in [0.05, 0.1) is 5.02 Å². The molecule has 0 fully saturated rings. The van der Waals surface area contributed by atoms with E-state index >= 15 is 0 Å². The molecule has 21 heavy (non-hydrogen) atoms. The Labute approximate surface area is 127 Å². The average molecular weight is 301 g/mol.